The van der Waals surface area contributed by atoms with Crippen molar-refractivity contribution in [1.82, 2.24) is 14.9 Å². The Morgan fingerprint density at radius 3 is 2.73 bits per heavy atom. The maximum absolute atomic E-state index is 4.89. The Balaban J connectivity index is 2.33. The third-order valence-electron chi connectivity index (χ3n) is 3.90. The van der Waals surface area contributed by atoms with Crippen LogP contribution in [-0.2, 0) is 13.0 Å². The Kier molecular flexibility index (Phi) is 5.78. The molecule has 1 N–H and O–H groups in total. The average Bonchev–Trinajstić information content (AvgIpc) is 2.80. The van der Waals surface area contributed by atoms with Crippen molar-refractivity contribution in [3.8, 4) is 0 Å². The Labute approximate surface area is 134 Å². The number of aromatic nitrogens is 2. The quantitative estimate of drug-likeness (QED) is 0.582. The van der Waals surface area contributed by atoms with E-state index in [1.54, 1.807) is 0 Å². The fourth-order valence-electron chi connectivity index (χ4n) is 2.69. The highest BCUT2D eigenvalue weighted by Crippen LogP contribution is 2.23. The smallest absolute Gasteiger partial charge is 0.111 e. The van der Waals surface area contributed by atoms with E-state index in [0.717, 1.165) is 43.0 Å². The summed E-state index contributed by atoms with van der Waals surface area (Å²) in [4.78, 5) is 4.89. The topological polar surface area (TPSA) is 29.9 Å². The van der Waals surface area contributed by atoms with E-state index in [-0.39, 0.29) is 0 Å². The van der Waals surface area contributed by atoms with Gasteiger partial charge in [-0.25, -0.2) is 4.98 Å². The van der Waals surface area contributed by atoms with Gasteiger partial charge in [-0.3, -0.25) is 0 Å². The van der Waals surface area contributed by atoms with Gasteiger partial charge in [0, 0.05) is 19.5 Å². The van der Waals surface area contributed by atoms with Gasteiger partial charge in [0.25, 0.3) is 0 Å². The van der Waals surface area contributed by atoms with Gasteiger partial charge in [-0.05, 0) is 43.5 Å². The van der Waals surface area contributed by atoms with Gasteiger partial charge in [0.05, 0.1) is 11.0 Å². The number of nitrogens with zero attached hydrogens (tertiary/aromatic N) is 2. The van der Waals surface area contributed by atoms with E-state index in [9.17, 15) is 0 Å². The summed E-state index contributed by atoms with van der Waals surface area (Å²) in [6, 6.07) is 6.67. The van der Waals surface area contributed by atoms with Crippen molar-refractivity contribution in [3.63, 3.8) is 0 Å². The molecule has 0 aliphatic heterocycles. The first-order valence-electron chi connectivity index (χ1n) is 8.37. The summed E-state index contributed by atoms with van der Waals surface area (Å²) in [5.74, 6) is 1.69. The molecule has 0 fully saturated rings. The van der Waals surface area contributed by atoms with E-state index in [4.69, 9.17) is 4.98 Å². The van der Waals surface area contributed by atoms with Crippen LogP contribution in [0, 0.1) is 0 Å². The largest absolute Gasteiger partial charge is 0.324 e. The molecule has 0 radical (unpaired) electrons. The minimum atomic E-state index is 0.533. The molecule has 0 spiro atoms. The molecule has 3 nitrogen and oxygen atoms in total. The highest BCUT2D eigenvalue weighted by atomic mass is 15.1. The maximum Gasteiger partial charge on any atom is 0.111 e. The lowest BCUT2D eigenvalue weighted by Crippen LogP contribution is -2.19. The van der Waals surface area contributed by atoms with Crippen LogP contribution in [0.1, 0.15) is 51.4 Å². The van der Waals surface area contributed by atoms with Gasteiger partial charge in [0.1, 0.15) is 5.82 Å². The van der Waals surface area contributed by atoms with Gasteiger partial charge in [0.2, 0.25) is 0 Å². The maximum atomic E-state index is 4.89. The third kappa shape index (κ3) is 3.98. The number of benzene rings is 1. The normalized spacial score (nSPS) is 11.5. The SMILES string of the molecule is C=C(C)Cn1c(CCNCCC)nc2cc(C(C)C)ccc21. The second-order valence-electron chi connectivity index (χ2n) is 6.47. The second kappa shape index (κ2) is 7.59. The zero-order valence-electron chi connectivity index (χ0n) is 14.4. The van der Waals surface area contributed by atoms with Crippen LogP contribution in [0.3, 0.4) is 0 Å². The Morgan fingerprint density at radius 2 is 2.09 bits per heavy atom. The molecule has 1 heterocycles. The van der Waals surface area contributed by atoms with Crippen molar-refractivity contribution >= 4 is 11.0 Å². The molecule has 0 amide bonds. The molecule has 0 unspecified atom stereocenters. The fourth-order valence-corrected chi connectivity index (χ4v) is 2.69. The van der Waals surface area contributed by atoms with E-state index < -0.39 is 0 Å². The minimum absolute atomic E-state index is 0.533. The number of nitrogens with one attached hydrogen (secondary N) is 1. The molecule has 1 aromatic carbocycles. The molecule has 2 rings (SSSR count). The van der Waals surface area contributed by atoms with Crippen LogP contribution in [0.25, 0.3) is 11.0 Å². The van der Waals surface area contributed by atoms with Crippen molar-refractivity contribution in [2.24, 2.45) is 0 Å². The molecule has 0 aliphatic carbocycles. The van der Waals surface area contributed by atoms with Crippen molar-refractivity contribution in [1.29, 1.82) is 0 Å². The molecule has 0 saturated heterocycles. The van der Waals surface area contributed by atoms with Crippen LogP contribution < -0.4 is 5.32 Å². The number of imidazole rings is 1. The fraction of sp³-hybridized carbons (Fsp3) is 0.526. The Hall–Kier alpha value is -1.61. The Bertz CT molecular complexity index is 637. The molecule has 120 valence electrons. The van der Waals surface area contributed by atoms with Crippen LogP contribution >= 0.6 is 0 Å². The summed E-state index contributed by atoms with van der Waals surface area (Å²) >= 11 is 0. The van der Waals surface area contributed by atoms with Gasteiger partial charge in [-0.1, -0.05) is 39.0 Å². The molecule has 2 aromatic rings. The lowest BCUT2D eigenvalue weighted by atomic mass is 10.0. The first kappa shape index (κ1) is 16.8. The molecular formula is C19H29N3. The van der Waals surface area contributed by atoms with Gasteiger partial charge >= 0.3 is 0 Å². The standard InChI is InChI=1S/C19H29N3/c1-6-10-20-11-9-19-21-17-12-16(15(4)5)7-8-18(17)22(19)13-14(2)3/h7-8,12,15,20H,2,6,9-11,13H2,1,3-5H3. The molecule has 22 heavy (non-hydrogen) atoms. The second-order valence-corrected chi connectivity index (χ2v) is 6.47. The summed E-state index contributed by atoms with van der Waals surface area (Å²) in [6.07, 6.45) is 2.12. The zero-order chi connectivity index (χ0) is 16.1. The zero-order valence-corrected chi connectivity index (χ0v) is 14.4. The number of hydrogen-bond donors (Lipinski definition) is 1. The lowest BCUT2D eigenvalue weighted by Gasteiger charge is -2.10. The van der Waals surface area contributed by atoms with Gasteiger partial charge in [0.15, 0.2) is 0 Å². The number of rotatable bonds is 8. The summed E-state index contributed by atoms with van der Waals surface area (Å²) in [5.41, 5.74) is 4.84. The first-order valence-corrected chi connectivity index (χ1v) is 8.37. The number of allylic oxidation sites excluding steroid dienone is 1. The van der Waals surface area contributed by atoms with E-state index in [1.165, 1.54) is 17.5 Å². The van der Waals surface area contributed by atoms with E-state index in [1.807, 2.05) is 0 Å². The van der Waals surface area contributed by atoms with Crippen molar-refractivity contribution in [2.45, 2.75) is 53.0 Å². The molecular weight excluding hydrogens is 270 g/mol. The molecule has 0 saturated carbocycles. The van der Waals surface area contributed by atoms with Crippen LogP contribution in [0.2, 0.25) is 0 Å². The summed E-state index contributed by atoms with van der Waals surface area (Å²) in [7, 11) is 0. The summed E-state index contributed by atoms with van der Waals surface area (Å²) in [5, 5.41) is 3.46. The third-order valence-corrected chi connectivity index (χ3v) is 3.90. The van der Waals surface area contributed by atoms with Gasteiger partial charge < -0.3 is 9.88 Å². The van der Waals surface area contributed by atoms with E-state index in [0.29, 0.717) is 5.92 Å². The number of hydrogen-bond acceptors (Lipinski definition) is 2. The first-order chi connectivity index (χ1) is 10.5. The summed E-state index contributed by atoms with van der Waals surface area (Å²) in [6.45, 7) is 15.7. The van der Waals surface area contributed by atoms with Crippen molar-refractivity contribution in [3.05, 3.63) is 41.7 Å². The van der Waals surface area contributed by atoms with E-state index >= 15 is 0 Å². The molecule has 0 atom stereocenters. The predicted octanol–water partition coefficient (Wildman–Crippen LogP) is 4.28. The Morgan fingerprint density at radius 1 is 1.32 bits per heavy atom. The van der Waals surface area contributed by atoms with Gasteiger partial charge in [-0.2, -0.15) is 0 Å². The van der Waals surface area contributed by atoms with Crippen LogP contribution in [-0.4, -0.2) is 22.6 Å². The molecule has 1 aromatic heterocycles. The van der Waals surface area contributed by atoms with Gasteiger partial charge in [-0.15, -0.1) is 0 Å². The average molecular weight is 299 g/mol. The molecule has 0 aliphatic rings. The molecule has 0 bridgehead atoms. The highest BCUT2D eigenvalue weighted by Gasteiger charge is 2.12. The predicted molar refractivity (Wildman–Crippen MR) is 95.5 cm³/mol. The highest BCUT2D eigenvalue weighted by molar-refractivity contribution is 5.77. The monoisotopic (exact) mass is 299 g/mol. The lowest BCUT2D eigenvalue weighted by molar-refractivity contribution is 0.637. The minimum Gasteiger partial charge on any atom is -0.324 e. The van der Waals surface area contributed by atoms with Crippen LogP contribution in [0.4, 0.5) is 0 Å². The number of fused-ring (bicyclic) bond motifs is 1. The van der Waals surface area contributed by atoms with Crippen molar-refractivity contribution < 1.29 is 0 Å². The summed E-state index contributed by atoms with van der Waals surface area (Å²) < 4.78 is 2.31. The molecule has 3 heteroatoms. The van der Waals surface area contributed by atoms with E-state index in [2.05, 4.69) is 62.4 Å². The van der Waals surface area contributed by atoms with Crippen LogP contribution in [0.5, 0.6) is 0 Å². The van der Waals surface area contributed by atoms with Crippen molar-refractivity contribution in [2.75, 3.05) is 13.1 Å². The van der Waals surface area contributed by atoms with Crippen LogP contribution in [0.15, 0.2) is 30.4 Å².